The first-order valence-corrected chi connectivity index (χ1v) is 5.30. The minimum absolute atomic E-state index is 0.0479. The van der Waals surface area contributed by atoms with E-state index in [1.165, 1.54) is 0 Å². The second-order valence-corrected chi connectivity index (χ2v) is 3.85. The Kier molecular flexibility index (Phi) is 4.58. The Hall–Kier alpha value is -1.26. The molecule has 1 atom stereocenters. The van der Waals surface area contributed by atoms with Gasteiger partial charge < -0.3 is 15.8 Å². The number of halogens is 1. The second-order valence-electron chi connectivity index (χ2n) is 3.44. The Balaban J connectivity index is 2.72. The summed E-state index contributed by atoms with van der Waals surface area (Å²) in [6.07, 6.45) is 0. The lowest BCUT2D eigenvalue weighted by Crippen LogP contribution is -2.24. The van der Waals surface area contributed by atoms with Crippen LogP contribution in [0.15, 0.2) is 18.2 Å². The molecule has 3 N–H and O–H groups in total. The zero-order valence-electron chi connectivity index (χ0n) is 9.29. The summed E-state index contributed by atoms with van der Waals surface area (Å²) in [4.78, 5) is 11.0. The van der Waals surface area contributed by atoms with Gasteiger partial charge in [-0.15, -0.1) is 0 Å². The number of amides is 1. The van der Waals surface area contributed by atoms with Gasteiger partial charge in [-0.2, -0.15) is 0 Å². The van der Waals surface area contributed by atoms with Gasteiger partial charge in [0.05, 0.1) is 5.02 Å². The molecular formula is C11H15ClN2O2. The van der Waals surface area contributed by atoms with Gasteiger partial charge in [-0.3, -0.25) is 4.79 Å². The highest BCUT2D eigenvalue weighted by Gasteiger charge is 2.07. The Morgan fingerprint density at radius 1 is 1.62 bits per heavy atom. The molecule has 5 heteroatoms. The molecule has 0 aliphatic heterocycles. The van der Waals surface area contributed by atoms with Crippen molar-refractivity contribution in [2.45, 2.75) is 13.0 Å². The predicted molar refractivity (Wildman–Crippen MR) is 63.6 cm³/mol. The molecule has 0 radical (unpaired) electrons. The van der Waals surface area contributed by atoms with Crippen LogP contribution in [0.4, 0.5) is 0 Å². The first kappa shape index (κ1) is 12.8. The van der Waals surface area contributed by atoms with Crippen LogP contribution in [0.2, 0.25) is 5.02 Å². The van der Waals surface area contributed by atoms with Crippen molar-refractivity contribution in [2.75, 3.05) is 13.7 Å². The Morgan fingerprint density at radius 3 is 2.81 bits per heavy atom. The van der Waals surface area contributed by atoms with E-state index in [0.717, 1.165) is 5.56 Å². The minimum atomic E-state index is -0.202. The minimum Gasteiger partial charge on any atom is -0.482 e. The number of benzene rings is 1. The summed E-state index contributed by atoms with van der Waals surface area (Å²) in [5.41, 5.74) is 6.64. The molecule has 4 nitrogen and oxygen atoms in total. The predicted octanol–water partition coefficient (Wildman–Crippen LogP) is 1.48. The summed E-state index contributed by atoms with van der Waals surface area (Å²) >= 11 is 5.99. The molecular weight excluding hydrogens is 228 g/mol. The number of likely N-dealkylation sites (N-methyl/N-ethyl adjacent to an activating group) is 1. The van der Waals surface area contributed by atoms with E-state index in [4.69, 9.17) is 22.1 Å². The van der Waals surface area contributed by atoms with Crippen LogP contribution in [0, 0.1) is 0 Å². The van der Waals surface area contributed by atoms with Crippen molar-refractivity contribution in [3.63, 3.8) is 0 Å². The van der Waals surface area contributed by atoms with Crippen molar-refractivity contribution < 1.29 is 9.53 Å². The van der Waals surface area contributed by atoms with Crippen molar-refractivity contribution >= 4 is 17.5 Å². The van der Waals surface area contributed by atoms with Crippen molar-refractivity contribution in [3.8, 4) is 5.75 Å². The van der Waals surface area contributed by atoms with Crippen LogP contribution < -0.4 is 15.8 Å². The number of carbonyl (C=O) groups is 1. The standard InChI is InChI=1S/C11H15ClN2O2/c1-7(13)8-3-4-10(9(12)5-8)16-6-11(15)14-2/h3-5,7H,6,13H2,1-2H3,(H,14,15). The third-order valence-electron chi connectivity index (χ3n) is 2.12. The number of hydrogen-bond donors (Lipinski definition) is 2. The number of ether oxygens (including phenoxy) is 1. The average molecular weight is 243 g/mol. The lowest BCUT2D eigenvalue weighted by atomic mass is 10.1. The van der Waals surface area contributed by atoms with E-state index in [9.17, 15) is 4.79 Å². The quantitative estimate of drug-likeness (QED) is 0.841. The van der Waals surface area contributed by atoms with Crippen LogP contribution in [0.5, 0.6) is 5.75 Å². The third kappa shape index (κ3) is 3.40. The molecule has 0 spiro atoms. The van der Waals surface area contributed by atoms with Gasteiger partial charge in [0.1, 0.15) is 5.75 Å². The van der Waals surface area contributed by atoms with Crippen LogP contribution in [-0.2, 0) is 4.79 Å². The van der Waals surface area contributed by atoms with Crippen molar-refractivity contribution in [1.82, 2.24) is 5.32 Å². The van der Waals surface area contributed by atoms with Crippen LogP contribution >= 0.6 is 11.6 Å². The van der Waals surface area contributed by atoms with E-state index in [1.807, 2.05) is 13.0 Å². The number of nitrogens with one attached hydrogen (secondary N) is 1. The highest BCUT2D eigenvalue weighted by atomic mass is 35.5. The molecule has 1 aromatic rings. The lowest BCUT2D eigenvalue weighted by molar-refractivity contribution is -0.122. The van der Waals surface area contributed by atoms with Crippen LogP contribution in [0.25, 0.3) is 0 Å². The van der Waals surface area contributed by atoms with Crippen LogP contribution in [0.3, 0.4) is 0 Å². The van der Waals surface area contributed by atoms with Gasteiger partial charge >= 0.3 is 0 Å². The van der Waals surface area contributed by atoms with E-state index >= 15 is 0 Å². The smallest absolute Gasteiger partial charge is 0.257 e. The largest absolute Gasteiger partial charge is 0.482 e. The van der Waals surface area contributed by atoms with Crippen molar-refractivity contribution in [3.05, 3.63) is 28.8 Å². The fraction of sp³-hybridized carbons (Fsp3) is 0.364. The average Bonchev–Trinajstić information content (AvgIpc) is 2.26. The topological polar surface area (TPSA) is 64.3 Å². The van der Waals surface area contributed by atoms with E-state index in [1.54, 1.807) is 19.2 Å². The fourth-order valence-corrected chi connectivity index (χ4v) is 1.38. The molecule has 0 fully saturated rings. The highest BCUT2D eigenvalue weighted by molar-refractivity contribution is 6.32. The molecule has 0 aliphatic rings. The fourth-order valence-electron chi connectivity index (χ4n) is 1.13. The zero-order valence-corrected chi connectivity index (χ0v) is 10.0. The van der Waals surface area contributed by atoms with Crippen molar-refractivity contribution in [1.29, 1.82) is 0 Å². The van der Waals surface area contributed by atoms with Gasteiger partial charge in [0.25, 0.3) is 5.91 Å². The molecule has 16 heavy (non-hydrogen) atoms. The molecule has 0 bridgehead atoms. The maximum Gasteiger partial charge on any atom is 0.257 e. The summed E-state index contributed by atoms with van der Waals surface area (Å²) in [7, 11) is 1.55. The van der Waals surface area contributed by atoms with Gasteiger partial charge in [-0.25, -0.2) is 0 Å². The summed E-state index contributed by atoms with van der Waals surface area (Å²) in [6, 6.07) is 5.20. The highest BCUT2D eigenvalue weighted by Crippen LogP contribution is 2.27. The van der Waals surface area contributed by atoms with Gasteiger partial charge in [0, 0.05) is 13.1 Å². The molecule has 88 valence electrons. The molecule has 0 aromatic heterocycles. The first-order chi connectivity index (χ1) is 7.54. The number of carbonyl (C=O) groups excluding carboxylic acids is 1. The molecule has 0 saturated carbocycles. The van der Waals surface area contributed by atoms with Crippen LogP contribution in [0.1, 0.15) is 18.5 Å². The van der Waals surface area contributed by atoms with Gasteiger partial charge in [-0.1, -0.05) is 17.7 Å². The van der Waals surface area contributed by atoms with E-state index in [-0.39, 0.29) is 18.6 Å². The first-order valence-electron chi connectivity index (χ1n) is 4.93. The van der Waals surface area contributed by atoms with E-state index in [0.29, 0.717) is 10.8 Å². The molecule has 0 heterocycles. The number of hydrogen-bond acceptors (Lipinski definition) is 3. The summed E-state index contributed by atoms with van der Waals surface area (Å²) < 4.78 is 5.24. The summed E-state index contributed by atoms with van der Waals surface area (Å²) in [5.74, 6) is 0.280. The Morgan fingerprint density at radius 2 is 2.31 bits per heavy atom. The summed E-state index contributed by atoms with van der Waals surface area (Å²) in [5, 5.41) is 2.91. The van der Waals surface area contributed by atoms with Gasteiger partial charge in [0.2, 0.25) is 0 Å². The SMILES string of the molecule is CNC(=O)COc1ccc(C(C)N)cc1Cl. The molecule has 1 unspecified atom stereocenters. The Labute approximate surface area is 99.7 Å². The monoisotopic (exact) mass is 242 g/mol. The van der Waals surface area contributed by atoms with Gasteiger partial charge in [0.15, 0.2) is 6.61 Å². The van der Waals surface area contributed by atoms with Crippen molar-refractivity contribution in [2.24, 2.45) is 5.73 Å². The maximum absolute atomic E-state index is 11.0. The molecule has 1 aromatic carbocycles. The normalized spacial score (nSPS) is 12.0. The van der Waals surface area contributed by atoms with Crippen LogP contribution in [-0.4, -0.2) is 19.6 Å². The van der Waals surface area contributed by atoms with E-state index in [2.05, 4.69) is 5.32 Å². The number of rotatable bonds is 4. The summed E-state index contributed by atoms with van der Waals surface area (Å²) in [6.45, 7) is 1.82. The molecule has 0 saturated heterocycles. The zero-order chi connectivity index (χ0) is 12.1. The second kappa shape index (κ2) is 5.72. The Bertz CT molecular complexity index is 380. The molecule has 0 aliphatic carbocycles. The van der Waals surface area contributed by atoms with Gasteiger partial charge in [-0.05, 0) is 24.6 Å². The lowest BCUT2D eigenvalue weighted by Gasteiger charge is -2.10. The number of nitrogens with two attached hydrogens (primary N) is 1. The maximum atomic E-state index is 11.0. The molecule has 1 rings (SSSR count). The molecule has 1 amide bonds. The van der Waals surface area contributed by atoms with E-state index < -0.39 is 0 Å². The third-order valence-corrected chi connectivity index (χ3v) is 2.41.